The van der Waals surface area contributed by atoms with Crippen molar-refractivity contribution in [3.8, 4) is 109 Å². The summed E-state index contributed by atoms with van der Waals surface area (Å²) in [5, 5.41) is 0.260. The number of rotatable bonds is 23. The molecule has 0 saturated heterocycles. The van der Waals surface area contributed by atoms with E-state index in [0.717, 1.165) is 5.56 Å². The van der Waals surface area contributed by atoms with E-state index in [1.807, 2.05) is 13.0 Å². The molecule has 0 atom stereocenters. The van der Waals surface area contributed by atoms with Gasteiger partial charge in [-0.15, -0.1) is 0 Å². The minimum Gasteiger partial charge on any atom is -0.497 e. The molecule has 0 saturated carbocycles. The van der Waals surface area contributed by atoms with E-state index in [-0.39, 0.29) is 146 Å². The highest BCUT2D eigenvalue weighted by atomic mass is 16.5. The van der Waals surface area contributed by atoms with Gasteiger partial charge in [-0.2, -0.15) is 0 Å². The fraction of sp³-hybridized carbons (Fsp3) is 0.150. The molecule has 0 fully saturated rings. The Morgan fingerprint density at radius 3 is 0.897 bits per heavy atom. The predicted octanol–water partition coefficient (Wildman–Crippen LogP) is 12.7. The third-order valence-corrected chi connectivity index (χ3v) is 16.7. The molecule has 0 aliphatic carbocycles. The van der Waals surface area contributed by atoms with Crippen molar-refractivity contribution in [2.45, 2.75) is 6.92 Å². The van der Waals surface area contributed by atoms with E-state index in [2.05, 4.69) is 0 Å². The van der Waals surface area contributed by atoms with Crippen LogP contribution < -0.4 is 73.8 Å². The number of benzene rings is 8. The quantitative estimate of drug-likeness (QED) is 0.0537. The first-order chi connectivity index (χ1) is 51.8. The summed E-state index contributed by atoms with van der Waals surface area (Å²) in [5.74, 6) is 4.06. The second-order valence-corrected chi connectivity index (χ2v) is 22.3. The maximum atomic E-state index is 12.9. The zero-order chi connectivity index (χ0) is 77.5. The Balaban J connectivity index is 0.000000165. The number of hydrogen-bond acceptors (Lipinski definition) is 27. The number of aryl methyl sites for hydroxylation is 1. The maximum absolute atomic E-state index is 12.9. The van der Waals surface area contributed by atoms with Crippen molar-refractivity contribution in [2.24, 2.45) is 0 Å². The lowest BCUT2D eigenvalue weighted by atomic mass is 10.0. The fourth-order valence-corrected chi connectivity index (χ4v) is 11.6. The van der Waals surface area contributed by atoms with E-state index in [1.54, 1.807) is 100 Å². The van der Waals surface area contributed by atoms with Gasteiger partial charge in [-0.05, 0) is 97.4 Å². The lowest BCUT2D eigenvalue weighted by Gasteiger charge is -2.15. The van der Waals surface area contributed by atoms with Gasteiger partial charge in [0.2, 0.25) is 0 Å². The molecular formula is C80H64O27. The van der Waals surface area contributed by atoms with Gasteiger partial charge in [-0.3, -0.25) is 57.5 Å². The van der Waals surface area contributed by atoms with Crippen molar-refractivity contribution < 1.29 is 108 Å². The summed E-state index contributed by atoms with van der Waals surface area (Å²) in [4.78, 5) is 142. The molecule has 546 valence electrons. The van der Waals surface area contributed by atoms with Crippen LogP contribution in [0.25, 0.3) is 89.2 Å². The molecule has 0 N–H and O–H groups in total. The summed E-state index contributed by atoms with van der Waals surface area (Å²) in [5.41, 5.74) is 2.07. The smallest absolute Gasteiger partial charge is 0.197 e. The van der Waals surface area contributed by atoms with Crippen LogP contribution in [-0.2, 0) is 0 Å². The molecular weight excluding hydrogens is 1390 g/mol. The van der Waals surface area contributed by atoms with E-state index >= 15 is 0 Å². The molecule has 4 aromatic heterocycles. The van der Waals surface area contributed by atoms with Crippen molar-refractivity contribution in [3.05, 3.63) is 212 Å². The molecule has 8 aromatic carbocycles. The summed E-state index contributed by atoms with van der Waals surface area (Å²) in [6.07, 6.45) is 3.81. The Morgan fingerprint density at radius 2 is 0.561 bits per heavy atom. The molecule has 0 amide bonds. The van der Waals surface area contributed by atoms with Crippen LogP contribution in [0.5, 0.6) is 63.2 Å². The number of fused-ring (bicyclic) bond motifs is 4. The number of methoxy groups -OCH3 is 11. The van der Waals surface area contributed by atoms with Gasteiger partial charge >= 0.3 is 0 Å². The van der Waals surface area contributed by atoms with Crippen molar-refractivity contribution >= 4 is 94.2 Å². The third kappa shape index (κ3) is 15.0. The standard InChI is InChI=1S/C21H18O7.2C20H16O7.C19H14O6/c1-11-5-6-12(7-16(11)25-2)17-8-15(24)18-19(26-3)13(9-22)14(10-23)20(27-4)21(18)28-17;1-24-12-6-4-11(5-7-12)16-8-15(23)17-18(25-2)13(9-21)14(10-22)19(26-3)20(17)27-16;1-24-15-5-4-11(6-17(15)25-2)16-8-14(23)19-18(27-16)7-12(9-21)13(10-22)20(19)26-3;1-23-13-5-3-11(4-6-13)16-8-15(22)18-17(25-16)7-12(9-20)14(10-21)19(18)24-2/h5-10H,1-4H3;2*4-10H,1-3H3;3-10H,1-2H3. The van der Waals surface area contributed by atoms with Crippen LogP contribution in [0.15, 0.2) is 158 Å². The molecule has 12 aromatic rings. The van der Waals surface area contributed by atoms with Crippen LogP contribution in [-0.4, -0.2) is 128 Å². The molecule has 27 nitrogen and oxygen atoms in total. The predicted molar refractivity (Wildman–Crippen MR) is 392 cm³/mol. The van der Waals surface area contributed by atoms with Gasteiger partial charge in [0.25, 0.3) is 0 Å². The summed E-state index contributed by atoms with van der Waals surface area (Å²) < 4.78 is 80.9. The van der Waals surface area contributed by atoms with Gasteiger partial charge in [0.15, 0.2) is 106 Å². The van der Waals surface area contributed by atoms with Crippen molar-refractivity contribution in [2.75, 3.05) is 78.2 Å². The van der Waals surface area contributed by atoms with Crippen LogP contribution in [0.4, 0.5) is 0 Å². The summed E-state index contributed by atoms with van der Waals surface area (Å²) in [6.45, 7) is 1.89. The normalized spacial score (nSPS) is 10.5. The third-order valence-electron chi connectivity index (χ3n) is 16.7. The minimum atomic E-state index is -0.438. The topological polar surface area (TPSA) is 359 Å². The average Bonchev–Trinajstić information content (AvgIpc) is 0.744. The highest BCUT2D eigenvalue weighted by Gasteiger charge is 2.28. The van der Waals surface area contributed by atoms with Crippen LogP contribution in [0.1, 0.15) is 88.4 Å². The molecule has 12 rings (SSSR count). The van der Waals surface area contributed by atoms with Gasteiger partial charge in [0, 0.05) is 57.6 Å². The zero-order valence-corrected chi connectivity index (χ0v) is 59.2. The maximum Gasteiger partial charge on any atom is 0.197 e. The molecule has 27 heteroatoms. The van der Waals surface area contributed by atoms with Gasteiger partial charge < -0.3 is 69.8 Å². The molecule has 4 heterocycles. The Morgan fingerprint density at radius 1 is 0.262 bits per heavy atom. The number of carbonyl (C=O) groups excluding carboxylic acids is 8. The highest BCUT2D eigenvalue weighted by molar-refractivity contribution is 6.09. The molecule has 0 spiro atoms. The van der Waals surface area contributed by atoms with Crippen LogP contribution >= 0.6 is 0 Å². The number of ether oxygens (including phenoxy) is 11. The Labute approximate surface area is 605 Å². The van der Waals surface area contributed by atoms with E-state index in [9.17, 15) is 57.5 Å². The minimum absolute atomic E-state index is 0.00429. The lowest BCUT2D eigenvalue weighted by molar-refractivity contribution is 0.109. The molecule has 0 aliphatic rings. The number of hydrogen-bond donors (Lipinski definition) is 0. The first kappa shape index (κ1) is 76.9. The lowest BCUT2D eigenvalue weighted by Crippen LogP contribution is -2.09. The fourth-order valence-electron chi connectivity index (χ4n) is 11.6. The van der Waals surface area contributed by atoms with E-state index in [1.165, 1.54) is 93.3 Å². The zero-order valence-electron chi connectivity index (χ0n) is 59.2. The molecule has 0 radical (unpaired) electrons. The van der Waals surface area contributed by atoms with Crippen molar-refractivity contribution in [1.29, 1.82) is 0 Å². The van der Waals surface area contributed by atoms with Gasteiger partial charge in [-0.1, -0.05) is 12.1 Å². The van der Waals surface area contributed by atoms with E-state index in [0.29, 0.717) is 107 Å². The summed E-state index contributed by atoms with van der Waals surface area (Å²) in [6, 6.07) is 32.2. The van der Waals surface area contributed by atoms with E-state index < -0.39 is 16.3 Å². The van der Waals surface area contributed by atoms with E-state index in [4.69, 9.17) is 69.8 Å². The Bertz CT molecular complexity index is 5740. The summed E-state index contributed by atoms with van der Waals surface area (Å²) in [7, 11) is 15.6. The average molecular weight is 1460 g/mol. The van der Waals surface area contributed by atoms with Gasteiger partial charge in [-0.25, -0.2) is 0 Å². The molecule has 0 aliphatic heterocycles. The van der Waals surface area contributed by atoms with Crippen molar-refractivity contribution in [3.63, 3.8) is 0 Å². The SMILES string of the molecule is COc1cc(-c2cc(=O)c3c(OC)c(C=O)c(C=O)c(OC)c3o2)ccc1C.COc1ccc(-c2cc(=O)c3c(OC)c(C=O)c(C=O)c(OC)c3o2)cc1.COc1ccc(-c2cc(=O)c3c(OC)c(C=O)c(C=O)cc3o2)cc1.COc1ccc(-c2cc(=O)c3c(OC)c(C=O)c(C=O)cc3o2)cc1OC. The highest BCUT2D eigenvalue weighted by Crippen LogP contribution is 2.43. The Hall–Kier alpha value is -14.2. The second kappa shape index (κ2) is 34.2. The summed E-state index contributed by atoms with van der Waals surface area (Å²) >= 11 is 0. The monoisotopic (exact) mass is 1460 g/mol. The molecule has 0 unspecified atom stereocenters. The number of aldehydes is 8. The number of carbonyl (C=O) groups is 8. The van der Waals surface area contributed by atoms with Gasteiger partial charge in [0.1, 0.15) is 96.0 Å². The largest absolute Gasteiger partial charge is 0.497 e. The first-order valence-electron chi connectivity index (χ1n) is 31.5. The Kier molecular flexibility index (Phi) is 24.6. The second-order valence-electron chi connectivity index (χ2n) is 22.3. The van der Waals surface area contributed by atoms with Crippen LogP contribution in [0, 0.1) is 6.92 Å². The van der Waals surface area contributed by atoms with Gasteiger partial charge in [0.05, 0.1) is 112 Å². The molecule has 107 heavy (non-hydrogen) atoms. The first-order valence-corrected chi connectivity index (χ1v) is 31.5. The van der Waals surface area contributed by atoms with Crippen molar-refractivity contribution in [1.82, 2.24) is 0 Å². The van der Waals surface area contributed by atoms with Crippen LogP contribution in [0.2, 0.25) is 0 Å². The molecule has 0 bridgehead atoms. The van der Waals surface area contributed by atoms with Crippen LogP contribution in [0.3, 0.4) is 0 Å².